The largest absolute Gasteiger partial charge is 0.327 e. The summed E-state index contributed by atoms with van der Waals surface area (Å²) in [5.41, 5.74) is 7.77. The van der Waals surface area contributed by atoms with Gasteiger partial charge in [0.05, 0.1) is 0 Å². The molecule has 0 fully saturated rings. The van der Waals surface area contributed by atoms with Crippen LogP contribution < -0.4 is 5.73 Å². The summed E-state index contributed by atoms with van der Waals surface area (Å²) in [6.07, 6.45) is 3.96. The molecule has 0 radical (unpaired) electrons. The Morgan fingerprint density at radius 2 is 2.25 bits per heavy atom. The molecule has 64 valence electrons. The maximum atomic E-state index is 5.35. The highest BCUT2D eigenvalue weighted by atomic mass is 79.9. The number of nitrogens with two attached hydrogens (primary N) is 1. The first-order valence-electron chi connectivity index (χ1n) is 3.87. The van der Waals surface area contributed by atoms with Gasteiger partial charge in [0.15, 0.2) is 0 Å². The van der Waals surface area contributed by atoms with Gasteiger partial charge in [-0.1, -0.05) is 40.2 Å². The van der Waals surface area contributed by atoms with Crippen molar-refractivity contribution in [1.29, 1.82) is 0 Å². The number of aryl methyl sites for hydroxylation is 1. The quantitative estimate of drug-likeness (QED) is 0.824. The Labute approximate surface area is 81.4 Å². The summed E-state index contributed by atoms with van der Waals surface area (Å²) in [4.78, 5) is 0. The van der Waals surface area contributed by atoms with Gasteiger partial charge >= 0.3 is 0 Å². The van der Waals surface area contributed by atoms with Gasteiger partial charge < -0.3 is 5.73 Å². The highest BCUT2D eigenvalue weighted by molar-refractivity contribution is 9.10. The van der Waals surface area contributed by atoms with E-state index in [2.05, 4.69) is 41.1 Å². The van der Waals surface area contributed by atoms with E-state index in [4.69, 9.17) is 5.73 Å². The number of hydrogen-bond acceptors (Lipinski definition) is 1. The molecule has 0 amide bonds. The van der Waals surface area contributed by atoms with Crippen LogP contribution in [-0.2, 0) is 0 Å². The molecule has 0 atom stereocenters. The van der Waals surface area contributed by atoms with Crippen molar-refractivity contribution in [1.82, 2.24) is 0 Å². The first kappa shape index (κ1) is 9.49. The molecule has 0 aromatic heterocycles. The summed E-state index contributed by atoms with van der Waals surface area (Å²) in [5.74, 6) is 0. The Hall–Kier alpha value is -0.600. The second-order valence-corrected chi connectivity index (χ2v) is 3.50. The molecule has 2 heteroatoms. The zero-order chi connectivity index (χ0) is 8.97. The van der Waals surface area contributed by atoms with Crippen LogP contribution in [0.2, 0.25) is 0 Å². The standard InChI is InChI=1S/C10H12BrN/c1-8-4-5-9(3-2-6-12)7-10(8)11/h2-5,7H,6,12H2,1H3. The fourth-order valence-corrected chi connectivity index (χ4v) is 1.31. The smallest absolute Gasteiger partial charge is 0.0210 e. The minimum absolute atomic E-state index is 0.589. The van der Waals surface area contributed by atoms with Gasteiger partial charge in [0.1, 0.15) is 0 Å². The third-order valence-corrected chi connectivity index (χ3v) is 2.50. The third-order valence-electron chi connectivity index (χ3n) is 1.64. The minimum Gasteiger partial charge on any atom is -0.327 e. The van der Waals surface area contributed by atoms with Gasteiger partial charge in [0.25, 0.3) is 0 Å². The maximum Gasteiger partial charge on any atom is 0.0210 e. The molecule has 0 unspecified atom stereocenters. The molecule has 0 saturated heterocycles. The maximum absolute atomic E-state index is 5.35. The molecule has 2 N–H and O–H groups in total. The van der Waals surface area contributed by atoms with Crippen LogP contribution in [0, 0.1) is 6.92 Å². The first-order chi connectivity index (χ1) is 5.74. The van der Waals surface area contributed by atoms with Gasteiger partial charge in [-0.25, -0.2) is 0 Å². The molecule has 0 aliphatic carbocycles. The molecule has 1 aromatic carbocycles. The minimum atomic E-state index is 0.589. The molecule has 1 aromatic rings. The fraction of sp³-hybridized carbons (Fsp3) is 0.200. The van der Waals surface area contributed by atoms with Crippen molar-refractivity contribution in [2.24, 2.45) is 5.73 Å². The lowest BCUT2D eigenvalue weighted by molar-refractivity contribution is 1.26. The molecule has 1 rings (SSSR count). The molecule has 12 heavy (non-hydrogen) atoms. The second-order valence-electron chi connectivity index (χ2n) is 2.65. The van der Waals surface area contributed by atoms with Crippen LogP contribution in [0.4, 0.5) is 0 Å². The summed E-state index contributed by atoms with van der Waals surface area (Å²) >= 11 is 3.47. The van der Waals surface area contributed by atoms with Gasteiger partial charge in [-0.3, -0.25) is 0 Å². The summed E-state index contributed by atoms with van der Waals surface area (Å²) in [7, 11) is 0. The van der Waals surface area contributed by atoms with Gasteiger partial charge in [-0.15, -0.1) is 0 Å². The number of hydrogen-bond donors (Lipinski definition) is 1. The van der Waals surface area contributed by atoms with E-state index < -0.39 is 0 Å². The summed E-state index contributed by atoms with van der Waals surface area (Å²) < 4.78 is 1.14. The predicted molar refractivity (Wildman–Crippen MR) is 57.0 cm³/mol. The van der Waals surface area contributed by atoms with E-state index in [0.29, 0.717) is 6.54 Å². The number of benzene rings is 1. The van der Waals surface area contributed by atoms with E-state index >= 15 is 0 Å². The van der Waals surface area contributed by atoms with Crippen LogP contribution in [0.3, 0.4) is 0 Å². The molecule has 0 saturated carbocycles. The Kier molecular flexibility index (Phi) is 3.50. The lowest BCUT2D eigenvalue weighted by atomic mass is 10.1. The van der Waals surface area contributed by atoms with Crippen molar-refractivity contribution < 1.29 is 0 Å². The van der Waals surface area contributed by atoms with Crippen LogP contribution in [0.5, 0.6) is 0 Å². The van der Waals surface area contributed by atoms with E-state index in [1.807, 2.05) is 12.2 Å². The summed E-state index contributed by atoms with van der Waals surface area (Å²) in [5, 5.41) is 0. The topological polar surface area (TPSA) is 26.0 Å². The number of rotatable bonds is 2. The SMILES string of the molecule is Cc1ccc(C=CCN)cc1Br. The van der Waals surface area contributed by atoms with Gasteiger partial charge in [-0.05, 0) is 24.1 Å². The lowest BCUT2D eigenvalue weighted by Gasteiger charge is -1.98. The zero-order valence-electron chi connectivity index (χ0n) is 7.05. The van der Waals surface area contributed by atoms with Crippen LogP contribution in [0.15, 0.2) is 28.7 Å². The van der Waals surface area contributed by atoms with E-state index in [9.17, 15) is 0 Å². The Bertz CT molecular complexity index is 292. The fourth-order valence-electron chi connectivity index (χ4n) is 0.917. The average molecular weight is 226 g/mol. The van der Waals surface area contributed by atoms with E-state index in [0.717, 1.165) is 4.47 Å². The molecule has 1 nitrogen and oxygen atoms in total. The van der Waals surface area contributed by atoms with Crippen LogP contribution in [0.1, 0.15) is 11.1 Å². The molecular formula is C10H12BrN. The van der Waals surface area contributed by atoms with Crippen molar-refractivity contribution in [2.75, 3.05) is 6.54 Å². The van der Waals surface area contributed by atoms with E-state index in [-0.39, 0.29) is 0 Å². The van der Waals surface area contributed by atoms with Crippen LogP contribution >= 0.6 is 15.9 Å². The lowest BCUT2D eigenvalue weighted by Crippen LogP contribution is -1.91. The van der Waals surface area contributed by atoms with Gasteiger partial charge in [0.2, 0.25) is 0 Å². The molecule has 0 spiro atoms. The van der Waals surface area contributed by atoms with Crippen molar-refractivity contribution >= 4 is 22.0 Å². The molecular weight excluding hydrogens is 214 g/mol. The predicted octanol–water partition coefficient (Wildman–Crippen LogP) is 2.73. The Balaban J connectivity index is 2.89. The van der Waals surface area contributed by atoms with Crippen LogP contribution in [0.25, 0.3) is 6.08 Å². The van der Waals surface area contributed by atoms with Gasteiger partial charge in [0, 0.05) is 11.0 Å². The monoisotopic (exact) mass is 225 g/mol. The Morgan fingerprint density at radius 3 is 2.83 bits per heavy atom. The zero-order valence-corrected chi connectivity index (χ0v) is 8.64. The van der Waals surface area contributed by atoms with E-state index in [1.165, 1.54) is 11.1 Å². The van der Waals surface area contributed by atoms with Crippen molar-refractivity contribution in [3.8, 4) is 0 Å². The molecule has 0 heterocycles. The summed E-state index contributed by atoms with van der Waals surface area (Å²) in [6, 6.07) is 6.24. The normalized spacial score (nSPS) is 10.9. The summed E-state index contributed by atoms with van der Waals surface area (Å²) in [6.45, 7) is 2.66. The number of halogens is 1. The second kappa shape index (κ2) is 4.43. The third kappa shape index (κ3) is 2.47. The molecule has 0 bridgehead atoms. The molecule has 0 aliphatic heterocycles. The van der Waals surface area contributed by atoms with Crippen molar-refractivity contribution in [3.63, 3.8) is 0 Å². The van der Waals surface area contributed by atoms with E-state index in [1.54, 1.807) is 0 Å². The molecule has 0 aliphatic rings. The first-order valence-corrected chi connectivity index (χ1v) is 4.66. The van der Waals surface area contributed by atoms with Crippen LogP contribution in [-0.4, -0.2) is 6.54 Å². The highest BCUT2D eigenvalue weighted by Gasteiger charge is 1.93. The Morgan fingerprint density at radius 1 is 1.50 bits per heavy atom. The van der Waals surface area contributed by atoms with Gasteiger partial charge in [-0.2, -0.15) is 0 Å². The average Bonchev–Trinajstić information content (AvgIpc) is 2.07. The van der Waals surface area contributed by atoms with Crippen molar-refractivity contribution in [3.05, 3.63) is 39.9 Å². The highest BCUT2D eigenvalue weighted by Crippen LogP contribution is 2.17. The van der Waals surface area contributed by atoms with Crippen molar-refractivity contribution in [2.45, 2.75) is 6.92 Å².